The zero-order valence-electron chi connectivity index (χ0n) is 12.2. The molecule has 0 radical (unpaired) electrons. The maximum atomic E-state index is 6.51. The van der Waals surface area contributed by atoms with Crippen molar-refractivity contribution in [3.8, 4) is 0 Å². The fourth-order valence-corrected chi connectivity index (χ4v) is 2.45. The molecule has 2 aromatic rings. The number of likely N-dealkylation sites (N-methyl/N-ethyl adjacent to an activating group) is 1. The Labute approximate surface area is 115 Å². The third-order valence-electron chi connectivity index (χ3n) is 4.40. The second kappa shape index (κ2) is 5.27. The van der Waals surface area contributed by atoms with Gasteiger partial charge in [0.2, 0.25) is 0 Å². The van der Waals surface area contributed by atoms with Gasteiger partial charge >= 0.3 is 0 Å². The molecule has 0 spiro atoms. The van der Waals surface area contributed by atoms with Gasteiger partial charge in [-0.05, 0) is 45.1 Å². The molecule has 0 fully saturated rings. The molecule has 0 amide bonds. The lowest BCUT2D eigenvalue weighted by molar-refractivity contribution is 0.132. The average molecular weight is 257 g/mol. The number of nitrogens with two attached hydrogens (primary N) is 1. The van der Waals surface area contributed by atoms with Crippen LogP contribution in [0, 0.1) is 0 Å². The van der Waals surface area contributed by atoms with Crippen LogP contribution in [0.3, 0.4) is 0 Å². The third-order valence-corrected chi connectivity index (χ3v) is 4.40. The van der Waals surface area contributed by atoms with Gasteiger partial charge < -0.3 is 10.6 Å². The maximum absolute atomic E-state index is 6.51. The molecule has 3 heteroatoms. The standard InChI is InChI=1S/C16H23N3/c1-5-16(2,19(3)4)15(17)13-9-8-12-7-6-10-18-14(12)11-13/h6-11,15H,5,17H2,1-4H3. The van der Waals surface area contributed by atoms with Crippen LogP contribution < -0.4 is 5.73 Å². The molecule has 0 bridgehead atoms. The molecular weight excluding hydrogens is 234 g/mol. The van der Waals surface area contributed by atoms with Gasteiger partial charge in [-0.1, -0.05) is 25.1 Å². The Morgan fingerprint density at radius 1 is 1.32 bits per heavy atom. The molecule has 0 saturated carbocycles. The Morgan fingerprint density at radius 3 is 2.68 bits per heavy atom. The van der Waals surface area contributed by atoms with E-state index in [-0.39, 0.29) is 11.6 Å². The summed E-state index contributed by atoms with van der Waals surface area (Å²) in [5.41, 5.74) is 8.60. The summed E-state index contributed by atoms with van der Waals surface area (Å²) in [5, 5.41) is 1.15. The van der Waals surface area contributed by atoms with Gasteiger partial charge in [-0.2, -0.15) is 0 Å². The van der Waals surface area contributed by atoms with Crippen LogP contribution in [0.25, 0.3) is 10.9 Å². The number of hydrogen-bond donors (Lipinski definition) is 1. The van der Waals surface area contributed by atoms with E-state index in [0.29, 0.717) is 0 Å². The summed E-state index contributed by atoms with van der Waals surface area (Å²) in [4.78, 5) is 6.62. The van der Waals surface area contributed by atoms with E-state index in [1.165, 1.54) is 0 Å². The van der Waals surface area contributed by atoms with Crippen LogP contribution in [0.1, 0.15) is 31.9 Å². The first-order valence-corrected chi connectivity index (χ1v) is 6.76. The molecule has 1 aromatic heterocycles. The van der Waals surface area contributed by atoms with E-state index in [1.807, 2.05) is 12.3 Å². The van der Waals surface area contributed by atoms with Gasteiger partial charge in [-0.3, -0.25) is 4.98 Å². The Kier molecular flexibility index (Phi) is 3.88. The summed E-state index contributed by atoms with van der Waals surface area (Å²) in [5.74, 6) is 0. The molecule has 2 N–H and O–H groups in total. The van der Waals surface area contributed by atoms with E-state index in [9.17, 15) is 0 Å². The van der Waals surface area contributed by atoms with Gasteiger partial charge in [0.25, 0.3) is 0 Å². The smallest absolute Gasteiger partial charge is 0.0705 e. The number of hydrogen-bond acceptors (Lipinski definition) is 3. The molecule has 2 unspecified atom stereocenters. The second-order valence-electron chi connectivity index (χ2n) is 5.54. The first-order valence-electron chi connectivity index (χ1n) is 6.76. The lowest BCUT2D eigenvalue weighted by Gasteiger charge is -2.41. The Morgan fingerprint density at radius 2 is 2.05 bits per heavy atom. The van der Waals surface area contributed by atoms with Crippen molar-refractivity contribution < 1.29 is 0 Å². The molecule has 0 aliphatic rings. The summed E-state index contributed by atoms with van der Waals surface area (Å²) in [6, 6.07) is 10.3. The second-order valence-corrected chi connectivity index (χ2v) is 5.54. The van der Waals surface area contributed by atoms with Gasteiger partial charge in [0, 0.05) is 23.2 Å². The van der Waals surface area contributed by atoms with Gasteiger partial charge in [-0.15, -0.1) is 0 Å². The molecule has 0 aliphatic heterocycles. The van der Waals surface area contributed by atoms with Crippen LogP contribution in [-0.2, 0) is 0 Å². The molecular formula is C16H23N3. The highest BCUT2D eigenvalue weighted by Crippen LogP contribution is 2.31. The number of pyridine rings is 1. The largest absolute Gasteiger partial charge is 0.322 e. The van der Waals surface area contributed by atoms with Crippen LogP contribution in [0.4, 0.5) is 0 Å². The summed E-state index contributed by atoms with van der Waals surface area (Å²) < 4.78 is 0. The summed E-state index contributed by atoms with van der Waals surface area (Å²) in [6.45, 7) is 4.39. The number of fused-ring (bicyclic) bond motifs is 1. The van der Waals surface area contributed by atoms with E-state index in [2.05, 4.69) is 62.1 Å². The molecule has 3 nitrogen and oxygen atoms in total. The highest BCUT2D eigenvalue weighted by Gasteiger charge is 2.33. The Bertz CT molecular complexity index is 565. The fraction of sp³-hybridized carbons (Fsp3) is 0.438. The van der Waals surface area contributed by atoms with Crippen molar-refractivity contribution in [2.24, 2.45) is 5.73 Å². The normalized spacial score (nSPS) is 16.5. The quantitative estimate of drug-likeness (QED) is 0.915. The number of rotatable bonds is 4. The molecule has 2 atom stereocenters. The van der Waals surface area contributed by atoms with Crippen LogP contribution in [-0.4, -0.2) is 29.5 Å². The minimum Gasteiger partial charge on any atom is -0.322 e. The average Bonchev–Trinajstić information content (AvgIpc) is 2.44. The van der Waals surface area contributed by atoms with Gasteiger partial charge in [0.15, 0.2) is 0 Å². The Balaban J connectivity index is 2.43. The van der Waals surface area contributed by atoms with E-state index in [4.69, 9.17) is 5.73 Å². The van der Waals surface area contributed by atoms with Crippen LogP contribution in [0.15, 0.2) is 36.5 Å². The van der Waals surface area contributed by atoms with E-state index in [0.717, 1.165) is 22.9 Å². The first kappa shape index (κ1) is 14.0. The molecule has 1 aromatic carbocycles. The van der Waals surface area contributed by atoms with Crippen molar-refractivity contribution in [3.05, 3.63) is 42.1 Å². The minimum atomic E-state index is -0.0531. The number of nitrogens with zero attached hydrogens (tertiary/aromatic N) is 2. The van der Waals surface area contributed by atoms with E-state index in [1.54, 1.807) is 0 Å². The SMILES string of the molecule is CCC(C)(C(N)c1ccc2cccnc2c1)N(C)C. The van der Waals surface area contributed by atoms with Crippen LogP contribution >= 0.6 is 0 Å². The summed E-state index contributed by atoms with van der Waals surface area (Å²) in [7, 11) is 4.17. The third kappa shape index (κ3) is 2.48. The van der Waals surface area contributed by atoms with Crippen molar-refractivity contribution >= 4 is 10.9 Å². The lowest BCUT2D eigenvalue weighted by Crippen LogP contribution is -2.49. The monoisotopic (exact) mass is 257 g/mol. The van der Waals surface area contributed by atoms with Crippen molar-refractivity contribution in [1.82, 2.24) is 9.88 Å². The van der Waals surface area contributed by atoms with Crippen molar-refractivity contribution in [3.63, 3.8) is 0 Å². The van der Waals surface area contributed by atoms with Gasteiger partial charge in [0.1, 0.15) is 0 Å². The van der Waals surface area contributed by atoms with Crippen LogP contribution in [0.5, 0.6) is 0 Å². The molecule has 1 heterocycles. The highest BCUT2D eigenvalue weighted by molar-refractivity contribution is 5.79. The number of benzene rings is 1. The maximum Gasteiger partial charge on any atom is 0.0705 e. The summed E-state index contributed by atoms with van der Waals surface area (Å²) >= 11 is 0. The number of aromatic nitrogens is 1. The molecule has 2 rings (SSSR count). The molecule has 102 valence electrons. The first-order chi connectivity index (χ1) is 8.99. The predicted molar refractivity (Wildman–Crippen MR) is 81.1 cm³/mol. The van der Waals surface area contributed by atoms with Crippen molar-refractivity contribution in [1.29, 1.82) is 0 Å². The lowest BCUT2D eigenvalue weighted by atomic mass is 9.84. The fourth-order valence-electron chi connectivity index (χ4n) is 2.45. The zero-order valence-corrected chi connectivity index (χ0v) is 12.2. The van der Waals surface area contributed by atoms with E-state index < -0.39 is 0 Å². The highest BCUT2D eigenvalue weighted by atomic mass is 15.2. The topological polar surface area (TPSA) is 42.1 Å². The minimum absolute atomic E-state index is 0.0288. The van der Waals surface area contributed by atoms with Crippen molar-refractivity contribution in [2.45, 2.75) is 31.8 Å². The van der Waals surface area contributed by atoms with Crippen molar-refractivity contribution in [2.75, 3.05) is 14.1 Å². The molecule has 19 heavy (non-hydrogen) atoms. The zero-order chi connectivity index (χ0) is 14.0. The van der Waals surface area contributed by atoms with Crippen LogP contribution in [0.2, 0.25) is 0 Å². The molecule has 0 aliphatic carbocycles. The summed E-state index contributed by atoms with van der Waals surface area (Å²) in [6.07, 6.45) is 2.82. The Hall–Kier alpha value is -1.45. The molecule has 0 saturated heterocycles. The van der Waals surface area contributed by atoms with E-state index >= 15 is 0 Å². The van der Waals surface area contributed by atoms with Gasteiger partial charge in [-0.25, -0.2) is 0 Å². The van der Waals surface area contributed by atoms with Gasteiger partial charge in [0.05, 0.1) is 5.52 Å². The predicted octanol–water partition coefficient (Wildman–Crippen LogP) is 2.96.